The molecule has 1 aliphatic carbocycles. The summed E-state index contributed by atoms with van der Waals surface area (Å²) in [4.78, 5) is 1.46. The largest absolute Gasteiger partial charge is 0.376 e. The minimum Gasteiger partial charge on any atom is -0.376 e. The van der Waals surface area contributed by atoms with Gasteiger partial charge in [0.15, 0.2) is 0 Å². The van der Waals surface area contributed by atoms with E-state index < -0.39 is 0 Å². The molecule has 1 N–H and O–H groups in total. The van der Waals surface area contributed by atoms with E-state index in [2.05, 4.69) is 30.6 Å². The van der Waals surface area contributed by atoms with Gasteiger partial charge in [-0.15, -0.1) is 11.3 Å². The van der Waals surface area contributed by atoms with Crippen LogP contribution < -0.4 is 5.32 Å². The first-order valence-electron chi connectivity index (χ1n) is 7.06. The second-order valence-electron chi connectivity index (χ2n) is 5.29. The molecule has 1 aliphatic rings. The highest BCUT2D eigenvalue weighted by molar-refractivity contribution is 7.10. The van der Waals surface area contributed by atoms with E-state index in [0.29, 0.717) is 6.04 Å². The monoisotopic (exact) mass is 267 g/mol. The highest BCUT2D eigenvalue weighted by Gasteiger charge is 2.41. The third-order valence-electron chi connectivity index (χ3n) is 4.20. The van der Waals surface area contributed by atoms with Crippen molar-refractivity contribution < 1.29 is 4.74 Å². The Morgan fingerprint density at radius 2 is 2.11 bits per heavy atom. The Hall–Kier alpha value is -0.380. The molecule has 0 aromatic carbocycles. The first-order valence-corrected chi connectivity index (χ1v) is 7.94. The Morgan fingerprint density at radius 1 is 1.39 bits per heavy atom. The van der Waals surface area contributed by atoms with Crippen molar-refractivity contribution in [2.75, 3.05) is 13.7 Å². The molecule has 2 rings (SSSR count). The van der Waals surface area contributed by atoms with Crippen molar-refractivity contribution in [3.63, 3.8) is 0 Å². The van der Waals surface area contributed by atoms with Crippen LogP contribution in [0.4, 0.5) is 0 Å². The summed E-state index contributed by atoms with van der Waals surface area (Å²) < 4.78 is 6.02. The van der Waals surface area contributed by atoms with Crippen molar-refractivity contribution in [3.8, 4) is 0 Å². The van der Waals surface area contributed by atoms with E-state index in [4.69, 9.17) is 4.74 Å². The predicted molar refractivity (Wildman–Crippen MR) is 78.3 cm³/mol. The molecule has 0 aliphatic heterocycles. The zero-order chi connectivity index (χ0) is 13.0. The van der Waals surface area contributed by atoms with Gasteiger partial charge >= 0.3 is 0 Å². The second kappa shape index (κ2) is 6.18. The Kier molecular flexibility index (Phi) is 4.82. The number of hydrogen-bond donors (Lipinski definition) is 1. The molecule has 1 heterocycles. The SMILES string of the molecule is CCNC(c1sccc1C)C1(OC)CCCCC1. The van der Waals surface area contributed by atoms with E-state index >= 15 is 0 Å². The topological polar surface area (TPSA) is 21.3 Å². The maximum atomic E-state index is 6.02. The number of aryl methyl sites for hydroxylation is 1. The van der Waals surface area contributed by atoms with Crippen LogP contribution in [0.2, 0.25) is 0 Å². The van der Waals surface area contributed by atoms with Gasteiger partial charge < -0.3 is 10.1 Å². The number of rotatable bonds is 5. The third kappa shape index (κ3) is 2.63. The number of methoxy groups -OCH3 is 1. The third-order valence-corrected chi connectivity index (χ3v) is 5.29. The molecule has 1 aromatic rings. The molecule has 0 spiro atoms. The summed E-state index contributed by atoms with van der Waals surface area (Å²) in [5, 5.41) is 5.87. The number of hydrogen-bond acceptors (Lipinski definition) is 3. The molecule has 1 saturated carbocycles. The quantitative estimate of drug-likeness (QED) is 0.869. The molecule has 1 fully saturated rings. The van der Waals surface area contributed by atoms with Crippen molar-refractivity contribution in [2.45, 2.75) is 57.6 Å². The molecule has 0 amide bonds. The maximum Gasteiger partial charge on any atom is 0.0880 e. The van der Waals surface area contributed by atoms with Gasteiger partial charge in [0, 0.05) is 12.0 Å². The first-order chi connectivity index (χ1) is 8.73. The molecule has 2 nitrogen and oxygen atoms in total. The molecule has 3 heteroatoms. The zero-order valence-electron chi connectivity index (χ0n) is 11.8. The minimum atomic E-state index is 0.00384. The Bertz CT molecular complexity index is 368. The fraction of sp³-hybridized carbons (Fsp3) is 0.733. The molecule has 1 atom stereocenters. The lowest BCUT2D eigenvalue weighted by atomic mass is 9.78. The van der Waals surface area contributed by atoms with Gasteiger partial charge in [0.2, 0.25) is 0 Å². The van der Waals surface area contributed by atoms with Gasteiger partial charge in [-0.2, -0.15) is 0 Å². The Balaban J connectivity index is 2.30. The maximum absolute atomic E-state index is 6.02. The van der Waals surface area contributed by atoms with Gasteiger partial charge in [-0.05, 0) is 43.3 Å². The van der Waals surface area contributed by atoms with Crippen molar-refractivity contribution in [3.05, 3.63) is 21.9 Å². The molecular weight excluding hydrogens is 242 g/mol. The van der Waals surface area contributed by atoms with Crippen LogP contribution in [-0.2, 0) is 4.74 Å². The van der Waals surface area contributed by atoms with E-state index in [1.807, 2.05) is 18.4 Å². The van der Waals surface area contributed by atoms with E-state index in [-0.39, 0.29) is 5.60 Å². The molecule has 0 bridgehead atoms. The Labute approximate surface area is 115 Å². The van der Waals surface area contributed by atoms with Crippen LogP contribution in [0.5, 0.6) is 0 Å². The number of nitrogens with one attached hydrogen (secondary N) is 1. The number of ether oxygens (including phenoxy) is 1. The van der Waals surface area contributed by atoms with Gasteiger partial charge in [-0.1, -0.05) is 26.2 Å². The second-order valence-corrected chi connectivity index (χ2v) is 6.24. The van der Waals surface area contributed by atoms with Gasteiger partial charge in [-0.3, -0.25) is 0 Å². The van der Waals surface area contributed by atoms with Crippen LogP contribution in [0.1, 0.15) is 55.5 Å². The Morgan fingerprint density at radius 3 is 2.61 bits per heavy atom. The van der Waals surface area contributed by atoms with Crippen LogP contribution >= 0.6 is 11.3 Å². The highest BCUT2D eigenvalue weighted by Crippen LogP contribution is 2.43. The summed E-state index contributed by atoms with van der Waals surface area (Å²) in [7, 11) is 1.89. The summed E-state index contributed by atoms with van der Waals surface area (Å²) in [6.45, 7) is 5.39. The first kappa shape index (κ1) is 14.0. The normalized spacial score (nSPS) is 20.8. The number of thiophene rings is 1. The van der Waals surface area contributed by atoms with Crippen LogP contribution in [0.15, 0.2) is 11.4 Å². The predicted octanol–water partition coefficient (Wildman–Crippen LogP) is 4.06. The average molecular weight is 267 g/mol. The van der Waals surface area contributed by atoms with Gasteiger partial charge in [0.25, 0.3) is 0 Å². The van der Waals surface area contributed by atoms with Crippen molar-refractivity contribution in [1.29, 1.82) is 0 Å². The number of likely N-dealkylation sites (N-methyl/N-ethyl adjacent to an activating group) is 1. The molecule has 0 radical (unpaired) electrons. The summed E-state index contributed by atoms with van der Waals surface area (Å²) in [6.07, 6.45) is 6.30. The summed E-state index contributed by atoms with van der Waals surface area (Å²) in [5.74, 6) is 0. The minimum absolute atomic E-state index is 0.00384. The van der Waals surface area contributed by atoms with Crippen LogP contribution in [-0.4, -0.2) is 19.3 Å². The molecule has 18 heavy (non-hydrogen) atoms. The molecule has 0 saturated heterocycles. The lowest BCUT2D eigenvalue weighted by molar-refractivity contribution is -0.0677. The van der Waals surface area contributed by atoms with Gasteiger partial charge in [0.1, 0.15) is 0 Å². The average Bonchev–Trinajstić information content (AvgIpc) is 2.83. The van der Waals surface area contributed by atoms with Crippen LogP contribution in [0.25, 0.3) is 0 Å². The fourth-order valence-corrected chi connectivity index (χ4v) is 4.27. The smallest absolute Gasteiger partial charge is 0.0880 e. The van der Waals surface area contributed by atoms with Crippen LogP contribution in [0.3, 0.4) is 0 Å². The van der Waals surface area contributed by atoms with E-state index in [0.717, 1.165) is 6.54 Å². The van der Waals surface area contributed by atoms with Crippen molar-refractivity contribution in [1.82, 2.24) is 5.32 Å². The molecule has 1 unspecified atom stereocenters. The lowest BCUT2D eigenvalue weighted by Gasteiger charge is -2.42. The summed E-state index contributed by atoms with van der Waals surface area (Å²) in [5.41, 5.74) is 1.40. The van der Waals surface area contributed by atoms with Crippen molar-refractivity contribution >= 4 is 11.3 Å². The summed E-state index contributed by atoms with van der Waals surface area (Å²) in [6, 6.07) is 2.57. The van der Waals surface area contributed by atoms with Crippen molar-refractivity contribution in [2.24, 2.45) is 0 Å². The van der Waals surface area contributed by atoms with E-state index in [1.165, 1.54) is 42.5 Å². The van der Waals surface area contributed by atoms with Gasteiger partial charge in [-0.25, -0.2) is 0 Å². The standard InChI is InChI=1S/C15H25NOS/c1-4-16-14(13-12(2)8-11-18-13)15(17-3)9-6-5-7-10-15/h8,11,14,16H,4-7,9-10H2,1-3H3. The molecule has 102 valence electrons. The van der Waals surface area contributed by atoms with E-state index in [9.17, 15) is 0 Å². The summed E-state index contributed by atoms with van der Waals surface area (Å²) >= 11 is 1.86. The molecule has 1 aromatic heterocycles. The van der Waals surface area contributed by atoms with Gasteiger partial charge in [0.05, 0.1) is 11.6 Å². The highest BCUT2D eigenvalue weighted by atomic mass is 32.1. The zero-order valence-corrected chi connectivity index (χ0v) is 12.6. The van der Waals surface area contributed by atoms with Crippen LogP contribution in [0, 0.1) is 6.92 Å². The fourth-order valence-electron chi connectivity index (χ4n) is 3.16. The molecular formula is C15H25NOS. The lowest BCUT2D eigenvalue weighted by Crippen LogP contribution is -2.46. The van der Waals surface area contributed by atoms with E-state index in [1.54, 1.807) is 0 Å².